The van der Waals surface area contributed by atoms with Gasteiger partial charge in [0.15, 0.2) is 0 Å². The van der Waals surface area contributed by atoms with Crippen LogP contribution in [0.4, 0.5) is 0 Å². The van der Waals surface area contributed by atoms with E-state index in [0.29, 0.717) is 10.7 Å². The van der Waals surface area contributed by atoms with E-state index >= 15 is 0 Å². The summed E-state index contributed by atoms with van der Waals surface area (Å²) in [4.78, 5) is 23.7. The number of carbonyl (C=O) groups is 2. The maximum absolute atomic E-state index is 12.7. The highest BCUT2D eigenvalue weighted by atomic mass is 35.5. The van der Waals surface area contributed by atoms with Gasteiger partial charge in [-0.1, -0.05) is 29.8 Å². The summed E-state index contributed by atoms with van der Waals surface area (Å²) < 4.78 is 6.74. The molecular formula is C16H19ClN2O4. The minimum Gasteiger partial charge on any atom is -0.481 e. The van der Waals surface area contributed by atoms with Crippen LogP contribution in [0.3, 0.4) is 0 Å². The topological polar surface area (TPSA) is 80.6 Å². The number of nitrogens with zero attached hydrogens (tertiary/aromatic N) is 1. The summed E-state index contributed by atoms with van der Waals surface area (Å²) >= 11 is 6.34. The number of aliphatic carboxylic acids is 1. The number of benzene rings is 1. The van der Waals surface area contributed by atoms with E-state index in [0.717, 1.165) is 10.9 Å². The van der Waals surface area contributed by atoms with Gasteiger partial charge in [-0.25, -0.2) is 0 Å². The Morgan fingerprint density at radius 2 is 2.04 bits per heavy atom. The maximum Gasteiger partial charge on any atom is 0.305 e. The van der Waals surface area contributed by atoms with Gasteiger partial charge in [-0.2, -0.15) is 0 Å². The number of nitrogens with one attached hydrogen (secondary N) is 1. The summed E-state index contributed by atoms with van der Waals surface area (Å²) in [7, 11) is 3.20. The van der Waals surface area contributed by atoms with E-state index in [9.17, 15) is 9.59 Å². The van der Waals surface area contributed by atoms with Crippen LogP contribution in [0.25, 0.3) is 10.9 Å². The lowest BCUT2D eigenvalue weighted by Crippen LogP contribution is -2.51. The van der Waals surface area contributed by atoms with Crippen LogP contribution in [-0.2, 0) is 16.6 Å². The zero-order valence-electron chi connectivity index (χ0n) is 13.2. The molecule has 0 saturated heterocycles. The fourth-order valence-electron chi connectivity index (χ4n) is 2.72. The van der Waals surface area contributed by atoms with Gasteiger partial charge >= 0.3 is 5.97 Å². The van der Waals surface area contributed by atoms with Crippen LogP contribution < -0.4 is 5.32 Å². The first-order valence-electron chi connectivity index (χ1n) is 7.05. The molecule has 23 heavy (non-hydrogen) atoms. The third-order valence-corrected chi connectivity index (χ3v) is 4.06. The standard InChI is InChI=1S/C16H19ClN2O4/c1-16(9-23-3,8-12(20)21)18-15(22)14-13(17)10-6-4-5-7-11(10)19(14)2/h4-7H,8-9H2,1-3H3,(H,18,22)(H,20,21). The van der Waals surface area contributed by atoms with E-state index in [1.165, 1.54) is 7.11 Å². The molecule has 0 radical (unpaired) electrons. The van der Waals surface area contributed by atoms with Gasteiger partial charge < -0.3 is 19.7 Å². The normalized spacial score (nSPS) is 13.7. The molecule has 1 atom stereocenters. The molecule has 0 bridgehead atoms. The van der Waals surface area contributed by atoms with Crippen molar-refractivity contribution in [2.24, 2.45) is 7.05 Å². The second-order valence-electron chi connectivity index (χ2n) is 5.76. The second kappa shape index (κ2) is 6.60. The number of ether oxygens (including phenoxy) is 1. The first-order chi connectivity index (χ1) is 10.8. The smallest absolute Gasteiger partial charge is 0.305 e. The number of fused-ring (bicyclic) bond motifs is 1. The van der Waals surface area contributed by atoms with E-state index in [4.69, 9.17) is 21.4 Å². The number of carbonyl (C=O) groups excluding carboxylic acids is 1. The predicted octanol–water partition coefficient (Wildman–Crippen LogP) is 2.44. The number of aromatic nitrogens is 1. The summed E-state index contributed by atoms with van der Waals surface area (Å²) in [6.45, 7) is 1.70. The summed E-state index contributed by atoms with van der Waals surface area (Å²) in [5.74, 6) is -1.46. The van der Waals surface area contributed by atoms with Crippen molar-refractivity contribution in [1.29, 1.82) is 0 Å². The molecule has 2 rings (SSSR count). The number of para-hydroxylation sites is 1. The quantitative estimate of drug-likeness (QED) is 0.847. The molecule has 1 aromatic carbocycles. The monoisotopic (exact) mass is 338 g/mol. The van der Waals surface area contributed by atoms with Gasteiger partial charge in [-0.05, 0) is 13.0 Å². The summed E-state index contributed by atoms with van der Waals surface area (Å²) in [5, 5.41) is 12.9. The van der Waals surface area contributed by atoms with Gasteiger partial charge in [0.05, 0.1) is 23.6 Å². The summed E-state index contributed by atoms with van der Waals surface area (Å²) in [6.07, 6.45) is -0.256. The van der Waals surface area contributed by atoms with Gasteiger partial charge in [-0.15, -0.1) is 0 Å². The van der Waals surface area contributed by atoms with Crippen LogP contribution in [0, 0.1) is 0 Å². The SMILES string of the molecule is COCC(C)(CC(=O)O)NC(=O)c1c(Cl)c2ccccc2n1C. The Morgan fingerprint density at radius 1 is 1.39 bits per heavy atom. The number of amides is 1. The fourth-order valence-corrected chi connectivity index (χ4v) is 3.09. The lowest BCUT2D eigenvalue weighted by atomic mass is 9.98. The van der Waals surface area contributed by atoms with Crippen molar-refractivity contribution in [1.82, 2.24) is 9.88 Å². The van der Waals surface area contributed by atoms with Crippen LogP contribution in [0.1, 0.15) is 23.8 Å². The largest absolute Gasteiger partial charge is 0.481 e. The van der Waals surface area contributed by atoms with Crippen molar-refractivity contribution < 1.29 is 19.4 Å². The minimum atomic E-state index is -1.03. The Morgan fingerprint density at radius 3 is 2.61 bits per heavy atom. The highest BCUT2D eigenvalue weighted by Crippen LogP contribution is 2.30. The number of rotatable bonds is 6. The van der Waals surface area contributed by atoms with Gasteiger partial charge in [0.1, 0.15) is 5.69 Å². The molecule has 1 aromatic heterocycles. The molecule has 2 N–H and O–H groups in total. The summed E-state index contributed by atoms with van der Waals surface area (Å²) in [6, 6.07) is 7.40. The molecule has 0 aliphatic heterocycles. The van der Waals surface area contributed by atoms with E-state index in [2.05, 4.69) is 5.32 Å². The number of carboxylic acids is 1. The molecular weight excluding hydrogens is 320 g/mol. The Bertz CT molecular complexity index is 717. The van der Waals surface area contributed by atoms with Crippen molar-refractivity contribution in [2.75, 3.05) is 13.7 Å². The molecule has 124 valence electrons. The number of halogens is 1. The molecule has 7 heteroatoms. The second-order valence-corrected chi connectivity index (χ2v) is 6.14. The zero-order valence-corrected chi connectivity index (χ0v) is 14.0. The Labute approximate surface area is 139 Å². The van der Waals surface area contributed by atoms with Crippen molar-refractivity contribution >= 4 is 34.4 Å². The maximum atomic E-state index is 12.7. The molecule has 0 spiro atoms. The average molecular weight is 339 g/mol. The Kier molecular flexibility index (Phi) is 4.97. The molecule has 0 fully saturated rings. The molecule has 0 saturated carbocycles. The third kappa shape index (κ3) is 3.48. The summed E-state index contributed by atoms with van der Waals surface area (Å²) in [5.41, 5.74) is 0.0900. The first kappa shape index (κ1) is 17.3. The van der Waals surface area contributed by atoms with Gasteiger partial charge in [0.2, 0.25) is 0 Å². The fraction of sp³-hybridized carbons (Fsp3) is 0.375. The van der Waals surface area contributed by atoms with Gasteiger partial charge in [-0.3, -0.25) is 9.59 Å². The van der Waals surface area contributed by atoms with Gasteiger partial charge in [0.25, 0.3) is 5.91 Å². The number of aryl methyl sites for hydroxylation is 1. The Balaban J connectivity index is 2.38. The van der Waals surface area contributed by atoms with Gasteiger partial charge in [0, 0.05) is 25.1 Å². The third-order valence-electron chi connectivity index (χ3n) is 3.68. The van der Waals surface area contributed by atoms with E-state index in [1.807, 2.05) is 24.3 Å². The molecule has 1 amide bonds. The zero-order chi connectivity index (χ0) is 17.2. The average Bonchev–Trinajstić information content (AvgIpc) is 2.70. The van der Waals surface area contributed by atoms with Crippen LogP contribution in [0.5, 0.6) is 0 Å². The number of hydrogen-bond donors (Lipinski definition) is 2. The molecule has 1 unspecified atom stereocenters. The molecule has 2 aromatic rings. The lowest BCUT2D eigenvalue weighted by Gasteiger charge is -2.28. The Hall–Kier alpha value is -2.05. The predicted molar refractivity (Wildman–Crippen MR) is 87.9 cm³/mol. The van der Waals surface area contributed by atoms with Crippen LogP contribution in [0.2, 0.25) is 5.02 Å². The number of hydrogen-bond acceptors (Lipinski definition) is 3. The first-order valence-corrected chi connectivity index (χ1v) is 7.43. The number of methoxy groups -OCH3 is 1. The lowest BCUT2D eigenvalue weighted by molar-refractivity contribution is -0.139. The van der Waals surface area contributed by atoms with Crippen LogP contribution in [0.15, 0.2) is 24.3 Å². The highest BCUT2D eigenvalue weighted by Gasteiger charge is 2.32. The molecule has 0 aliphatic rings. The number of carboxylic acid groups (broad SMARTS) is 1. The van der Waals surface area contributed by atoms with Crippen molar-refractivity contribution in [3.05, 3.63) is 35.0 Å². The van der Waals surface area contributed by atoms with E-state index in [-0.39, 0.29) is 13.0 Å². The van der Waals surface area contributed by atoms with Crippen LogP contribution >= 0.6 is 11.6 Å². The molecule has 0 aliphatic carbocycles. The van der Waals surface area contributed by atoms with Crippen molar-refractivity contribution in [3.8, 4) is 0 Å². The van der Waals surface area contributed by atoms with Crippen LogP contribution in [-0.4, -0.2) is 40.8 Å². The highest BCUT2D eigenvalue weighted by molar-refractivity contribution is 6.38. The van der Waals surface area contributed by atoms with E-state index in [1.54, 1.807) is 18.5 Å². The minimum absolute atomic E-state index is 0.0760. The molecule has 6 nitrogen and oxygen atoms in total. The van der Waals surface area contributed by atoms with E-state index < -0.39 is 17.4 Å². The van der Waals surface area contributed by atoms with Crippen molar-refractivity contribution in [2.45, 2.75) is 18.9 Å². The molecule has 1 heterocycles. The van der Waals surface area contributed by atoms with Crippen molar-refractivity contribution in [3.63, 3.8) is 0 Å².